The van der Waals surface area contributed by atoms with Crippen LogP contribution in [0.3, 0.4) is 0 Å². The molecule has 2 heterocycles. The molecule has 1 atom stereocenters. The van der Waals surface area contributed by atoms with Crippen LogP contribution in [0.1, 0.15) is 26.3 Å². The van der Waals surface area contributed by atoms with Crippen molar-refractivity contribution in [3.63, 3.8) is 0 Å². The minimum atomic E-state index is -4.08. The molecule has 29 heavy (non-hydrogen) atoms. The van der Waals surface area contributed by atoms with Crippen molar-refractivity contribution in [1.82, 2.24) is 14.3 Å². The first-order chi connectivity index (χ1) is 13.8. The first-order valence-electron chi connectivity index (χ1n) is 8.71. The van der Waals surface area contributed by atoms with E-state index in [1.54, 1.807) is 29.0 Å². The highest BCUT2D eigenvalue weighted by Gasteiger charge is 2.32. The Hall–Kier alpha value is -2.47. The van der Waals surface area contributed by atoms with Gasteiger partial charge in [0.25, 0.3) is 11.8 Å². The summed E-state index contributed by atoms with van der Waals surface area (Å²) in [6, 6.07) is 6.66. The number of nitrogens with one attached hydrogen (secondary N) is 2. The normalized spacial score (nSPS) is 17.5. The molecule has 2 amide bonds. The molecule has 156 valence electrons. The molecule has 1 aliphatic rings. The number of hydrogen-bond acceptors (Lipinski definition) is 7. The second-order valence-corrected chi connectivity index (χ2v) is 8.79. The van der Waals surface area contributed by atoms with Crippen LogP contribution >= 0.6 is 11.3 Å². The lowest BCUT2D eigenvalue weighted by molar-refractivity contribution is -0.0175. The van der Waals surface area contributed by atoms with Gasteiger partial charge in [-0.05, 0) is 36.1 Å². The Kier molecular flexibility index (Phi) is 6.52. The number of morpholine rings is 1. The van der Waals surface area contributed by atoms with Crippen LogP contribution in [0.2, 0.25) is 0 Å². The van der Waals surface area contributed by atoms with E-state index >= 15 is 0 Å². The molecule has 9 nitrogen and oxygen atoms in total. The predicted molar refractivity (Wildman–Crippen MR) is 107 cm³/mol. The fraction of sp³-hybridized carbons (Fsp3) is 0.333. The van der Waals surface area contributed by atoms with E-state index in [0.717, 1.165) is 9.87 Å². The maximum Gasteiger partial charge on any atom is 0.304 e. The molecular formula is C18H21N3O6S2. The van der Waals surface area contributed by atoms with Crippen molar-refractivity contribution in [2.24, 2.45) is 0 Å². The number of nitrogens with zero attached hydrogens (tertiary/aromatic N) is 1. The van der Waals surface area contributed by atoms with Gasteiger partial charge in [0, 0.05) is 11.9 Å². The number of aryl methyl sites for hydroxylation is 1. The molecule has 0 aliphatic carbocycles. The van der Waals surface area contributed by atoms with Crippen molar-refractivity contribution in [2.75, 3.05) is 26.8 Å². The van der Waals surface area contributed by atoms with Gasteiger partial charge in [-0.3, -0.25) is 9.59 Å². The van der Waals surface area contributed by atoms with Crippen LogP contribution in [-0.4, -0.2) is 57.6 Å². The van der Waals surface area contributed by atoms with Crippen LogP contribution in [0, 0.1) is 6.92 Å². The molecule has 1 saturated heterocycles. The van der Waals surface area contributed by atoms with Crippen molar-refractivity contribution in [1.29, 1.82) is 0 Å². The molecule has 2 N–H and O–H groups in total. The van der Waals surface area contributed by atoms with Crippen molar-refractivity contribution in [2.45, 2.75) is 13.2 Å². The SMILES string of the molecule is COc1cc(C)ccc1C(=O)NC1CN(S(=O)(=O)NC(=O)c2ccsc2)CCO1. The molecule has 2 aromatic rings. The standard InChI is InChI=1S/C18H21N3O6S2/c1-12-3-4-14(15(9-12)26-2)18(23)19-16-10-21(6-7-27-16)29(24,25)20-17(22)13-5-8-28-11-13/h3-5,8-9,11,16H,6-7,10H2,1-2H3,(H,19,23)(H,20,22). The molecule has 1 aromatic carbocycles. The van der Waals surface area contributed by atoms with E-state index in [-0.39, 0.29) is 25.3 Å². The molecule has 1 unspecified atom stereocenters. The number of carbonyl (C=O) groups excluding carboxylic acids is 2. The molecular weight excluding hydrogens is 418 g/mol. The minimum Gasteiger partial charge on any atom is -0.496 e. The lowest BCUT2D eigenvalue weighted by atomic mass is 10.1. The third-order valence-corrected chi connectivity index (χ3v) is 6.41. The van der Waals surface area contributed by atoms with Gasteiger partial charge in [-0.15, -0.1) is 0 Å². The van der Waals surface area contributed by atoms with E-state index in [2.05, 4.69) is 5.32 Å². The fourth-order valence-corrected chi connectivity index (χ4v) is 4.54. The molecule has 1 fully saturated rings. The van der Waals surface area contributed by atoms with Crippen molar-refractivity contribution in [3.05, 3.63) is 51.7 Å². The van der Waals surface area contributed by atoms with E-state index in [9.17, 15) is 18.0 Å². The van der Waals surface area contributed by atoms with Crippen molar-refractivity contribution in [3.8, 4) is 5.75 Å². The molecule has 0 radical (unpaired) electrons. The maximum atomic E-state index is 12.6. The molecule has 0 bridgehead atoms. The third-order valence-electron chi connectivity index (χ3n) is 4.27. The number of carbonyl (C=O) groups is 2. The number of ether oxygens (including phenoxy) is 2. The van der Waals surface area contributed by atoms with Crippen LogP contribution < -0.4 is 14.8 Å². The Morgan fingerprint density at radius 1 is 1.28 bits per heavy atom. The highest BCUT2D eigenvalue weighted by Crippen LogP contribution is 2.20. The summed E-state index contributed by atoms with van der Waals surface area (Å²) in [5.74, 6) is -0.748. The van der Waals surface area contributed by atoms with Crippen LogP contribution in [0.4, 0.5) is 0 Å². The highest BCUT2D eigenvalue weighted by atomic mass is 32.2. The lowest BCUT2D eigenvalue weighted by Gasteiger charge is -2.32. The zero-order chi connectivity index (χ0) is 21.0. The first-order valence-corrected chi connectivity index (χ1v) is 11.1. The van der Waals surface area contributed by atoms with Gasteiger partial charge in [-0.1, -0.05) is 6.07 Å². The average Bonchev–Trinajstić information content (AvgIpc) is 3.22. The molecule has 1 aromatic heterocycles. The van der Waals surface area contributed by atoms with Gasteiger partial charge in [0.1, 0.15) is 12.0 Å². The Bertz CT molecular complexity index is 991. The van der Waals surface area contributed by atoms with Gasteiger partial charge < -0.3 is 14.8 Å². The summed E-state index contributed by atoms with van der Waals surface area (Å²) in [5.41, 5.74) is 1.52. The van der Waals surface area contributed by atoms with E-state index in [1.807, 2.05) is 11.6 Å². The van der Waals surface area contributed by atoms with Gasteiger partial charge >= 0.3 is 10.2 Å². The van der Waals surface area contributed by atoms with E-state index in [4.69, 9.17) is 9.47 Å². The van der Waals surface area contributed by atoms with Gasteiger partial charge in [0.15, 0.2) is 0 Å². The van der Waals surface area contributed by atoms with Gasteiger partial charge in [-0.2, -0.15) is 24.1 Å². The Labute approximate surface area is 172 Å². The quantitative estimate of drug-likeness (QED) is 0.697. The van der Waals surface area contributed by atoms with E-state index in [0.29, 0.717) is 11.3 Å². The van der Waals surface area contributed by atoms with Gasteiger partial charge in [-0.25, -0.2) is 4.72 Å². The second-order valence-electron chi connectivity index (χ2n) is 6.34. The summed E-state index contributed by atoms with van der Waals surface area (Å²) < 4.78 is 38.9. The van der Waals surface area contributed by atoms with Crippen molar-refractivity contribution < 1.29 is 27.5 Å². The van der Waals surface area contributed by atoms with E-state index in [1.165, 1.54) is 24.5 Å². The summed E-state index contributed by atoms with van der Waals surface area (Å²) in [6.07, 6.45) is -0.866. The molecule has 1 aliphatic heterocycles. The summed E-state index contributed by atoms with van der Waals surface area (Å²) in [7, 11) is -2.61. The second kappa shape index (κ2) is 8.91. The number of hydrogen-bond donors (Lipinski definition) is 2. The maximum absolute atomic E-state index is 12.6. The van der Waals surface area contributed by atoms with Crippen LogP contribution in [0.5, 0.6) is 5.75 Å². The fourth-order valence-electron chi connectivity index (χ4n) is 2.78. The smallest absolute Gasteiger partial charge is 0.304 e. The van der Waals surface area contributed by atoms with E-state index < -0.39 is 28.3 Å². The number of methoxy groups -OCH3 is 1. The monoisotopic (exact) mass is 439 g/mol. The summed E-state index contributed by atoms with van der Waals surface area (Å²) in [6.45, 7) is 1.88. The summed E-state index contributed by atoms with van der Waals surface area (Å²) in [4.78, 5) is 24.7. The Morgan fingerprint density at radius 2 is 2.07 bits per heavy atom. The Balaban J connectivity index is 1.66. The molecule has 0 saturated carbocycles. The Morgan fingerprint density at radius 3 is 2.76 bits per heavy atom. The number of thiophene rings is 1. The third kappa shape index (κ3) is 5.12. The number of benzene rings is 1. The predicted octanol–water partition coefficient (Wildman–Crippen LogP) is 1.13. The van der Waals surface area contributed by atoms with Crippen LogP contribution in [-0.2, 0) is 14.9 Å². The number of amides is 2. The minimum absolute atomic E-state index is 0.0620. The summed E-state index contributed by atoms with van der Waals surface area (Å²) in [5, 5.41) is 5.89. The largest absolute Gasteiger partial charge is 0.496 e. The van der Waals surface area contributed by atoms with Crippen LogP contribution in [0.15, 0.2) is 35.0 Å². The highest BCUT2D eigenvalue weighted by molar-refractivity contribution is 7.87. The first kappa shape index (κ1) is 21.2. The number of rotatable bonds is 6. The van der Waals surface area contributed by atoms with Gasteiger partial charge in [0.05, 0.1) is 31.4 Å². The molecule has 0 spiro atoms. The summed E-state index contributed by atoms with van der Waals surface area (Å²) >= 11 is 1.29. The molecule has 11 heteroatoms. The lowest BCUT2D eigenvalue weighted by Crippen LogP contribution is -2.55. The topological polar surface area (TPSA) is 114 Å². The van der Waals surface area contributed by atoms with Crippen molar-refractivity contribution >= 4 is 33.4 Å². The molecule has 3 rings (SSSR count). The van der Waals surface area contributed by atoms with Crippen LogP contribution in [0.25, 0.3) is 0 Å². The zero-order valence-corrected chi connectivity index (χ0v) is 17.5. The average molecular weight is 440 g/mol. The zero-order valence-electron chi connectivity index (χ0n) is 15.9. The van der Waals surface area contributed by atoms with Gasteiger partial charge in [0.2, 0.25) is 0 Å².